The van der Waals surface area contributed by atoms with Gasteiger partial charge in [-0.15, -0.1) is 0 Å². The van der Waals surface area contributed by atoms with Crippen LogP contribution in [0.1, 0.15) is 11.3 Å². The Balaban J connectivity index is 2.46. The summed E-state index contributed by atoms with van der Waals surface area (Å²) in [5.74, 6) is 0.174. The van der Waals surface area contributed by atoms with Gasteiger partial charge in [-0.2, -0.15) is 5.26 Å². The normalized spacial score (nSPS) is 9.85. The Kier molecular flexibility index (Phi) is 3.77. The molecule has 0 fully saturated rings. The molecule has 0 unspecified atom stereocenters. The van der Waals surface area contributed by atoms with Crippen molar-refractivity contribution in [3.63, 3.8) is 0 Å². The molecule has 8 heteroatoms. The molecule has 0 saturated carbocycles. The lowest BCUT2D eigenvalue weighted by atomic mass is 10.2. The number of halogens is 1. The minimum absolute atomic E-state index is 0.00972. The Labute approximate surface area is 118 Å². The molecule has 0 aliphatic heterocycles. The lowest BCUT2D eigenvalue weighted by molar-refractivity contribution is -0.384. The monoisotopic (exact) mass is 290 g/mol. The molecule has 0 spiro atoms. The number of nitro groups is 1. The maximum absolute atomic E-state index is 10.8. The Morgan fingerprint density at radius 2 is 2.10 bits per heavy atom. The van der Waals surface area contributed by atoms with Gasteiger partial charge in [0, 0.05) is 12.4 Å². The van der Waals surface area contributed by atoms with Crippen molar-refractivity contribution in [1.82, 2.24) is 9.97 Å². The van der Waals surface area contributed by atoms with E-state index in [4.69, 9.17) is 21.6 Å². The highest BCUT2D eigenvalue weighted by Gasteiger charge is 2.18. The van der Waals surface area contributed by atoms with Gasteiger partial charge >= 0.3 is 0 Å². The molecule has 0 amide bonds. The van der Waals surface area contributed by atoms with Gasteiger partial charge in [0.25, 0.3) is 11.6 Å². The minimum Gasteiger partial charge on any atom is -0.436 e. The second-order valence-electron chi connectivity index (χ2n) is 3.75. The molecule has 7 nitrogen and oxygen atoms in total. The van der Waals surface area contributed by atoms with Gasteiger partial charge in [0.15, 0.2) is 0 Å². The van der Waals surface area contributed by atoms with Gasteiger partial charge in [0.2, 0.25) is 5.69 Å². The lowest BCUT2D eigenvalue weighted by Crippen LogP contribution is -1.97. The van der Waals surface area contributed by atoms with Crippen LogP contribution in [0.4, 0.5) is 5.69 Å². The molecule has 0 atom stereocenters. The van der Waals surface area contributed by atoms with E-state index in [1.54, 1.807) is 6.92 Å². The Hall–Kier alpha value is -2.72. The number of rotatable bonds is 3. The van der Waals surface area contributed by atoms with Crippen molar-refractivity contribution in [2.45, 2.75) is 6.92 Å². The van der Waals surface area contributed by atoms with Crippen LogP contribution in [0.25, 0.3) is 0 Å². The predicted octanol–water partition coefficient (Wildman–Crippen LogP) is 3.01. The van der Waals surface area contributed by atoms with Gasteiger partial charge < -0.3 is 4.74 Å². The van der Waals surface area contributed by atoms with Gasteiger partial charge in [-0.25, -0.2) is 9.97 Å². The maximum atomic E-state index is 10.8. The van der Waals surface area contributed by atoms with Gasteiger partial charge in [-0.05, 0) is 18.6 Å². The summed E-state index contributed by atoms with van der Waals surface area (Å²) in [6.45, 7) is 1.67. The number of hydrogen-bond acceptors (Lipinski definition) is 6. The van der Waals surface area contributed by atoms with Crippen molar-refractivity contribution >= 4 is 17.3 Å². The fraction of sp³-hybridized carbons (Fsp3) is 0.0833. The lowest BCUT2D eigenvalue weighted by Gasteiger charge is -2.08. The van der Waals surface area contributed by atoms with Crippen LogP contribution in [0.3, 0.4) is 0 Å². The first-order valence-electron chi connectivity index (χ1n) is 5.36. The maximum Gasteiger partial charge on any atom is 0.291 e. The summed E-state index contributed by atoms with van der Waals surface area (Å²) >= 11 is 5.78. The third-order valence-corrected chi connectivity index (χ3v) is 2.72. The van der Waals surface area contributed by atoms with Crippen LogP contribution in [-0.4, -0.2) is 14.9 Å². The SMILES string of the molecule is Cc1cc(Cl)c([N+](=O)[O-])cc1Oc1nccnc1C#N. The minimum atomic E-state index is -0.615. The number of aryl methyl sites for hydroxylation is 1. The number of nitriles is 1. The number of nitrogens with zero attached hydrogens (tertiary/aromatic N) is 4. The number of hydrogen-bond donors (Lipinski definition) is 0. The van der Waals surface area contributed by atoms with E-state index in [1.165, 1.54) is 24.5 Å². The number of aromatic nitrogens is 2. The standard InChI is InChI=1S/C12H7ClN4O3/c1-7-4-8(13)10(17(18)19)5-11(7)20-12-9(6-14)15-2-3-16-12/h2-5H,1H3. The van der Waals surface area contributed by atoms with Crippen LogP contribution in [0.15, 0.2) is 24.5 Å². The quantitative estimate of drug-likeness (QED) is 0.636. The molecule has 2 rings (SSSR count). The van der Waals surface area contributed by atoms with Crippen molar-refractivity contribution in [2.24, 2.45) is 0 Å². The van der Waals surface area contributed by atoms with Crippen LogP contribution >= 0.6 is 11.6 Å². The Bertz CT molecular complexity index is 727. The van der Waals surface area contributed by atoms with Crippen LogP contribution < -0.4 is 4.74 Å². The highest BCUT2D eigenvalue weighted by Crippen LogP contribution is 2.34. The third kappa shape index (κ3) is 2.65. The summed E-state index contributed by atoms with van der Waals surface area (Å²) in [5.41, 5.74) is 0.286. The topological polar surface area (TPSA) is 102 Å². The molecule has 1 aromatic heterocycles. The smallest absolute Gasteiger partial charge is 0.291 e. The highest BCUT2D eigenvalue weighted by molar-refractivity contribution is 6.32. The molecule has 0 radical (unpaired) electrons. The van der Waals surface area contributed by atoms with Crippen LogP contribution in [0.2, 0.25) is 5.02 Å². The molecule has 100 valence electrons. The van der Waals surface area contributed by atoms with Gasteiger partial charge in [0.1, 0.15) is 16.8 Å². The molecule has 0 aliphatic carbocycles. The van der Waals surface area contributed by atoms with Gasteiger partial charge in [0.05, 0.1) is 11.0 Å². The fourth-order valence-corrected chi connectivity index (χ4v) is 1.76. The first-order chi connectivity index (χ1) is 9.52. The first kappa shape index (κ1) is 13.7. The fourth-order valence-electron chi connectivity index (χ4n) is 1.47. The van der Waals surface area contributed by atoms with Crippen molar-refractivity contribution in [2.75, 3.05) is 0 Å². The van der Waals surface area contributed by atoms with E-state index >= 15 is 0 Å². The van der Waals surface area contributed by atoms with E-state index < -0.39 is 4.92 Å². The summed E-state index contributed by atoms with van der Waals surface area (Å²) < 4.78 is 5.42. The van der Waals surface area contributed by atoms with Gasteiger partial charge in [-0.3, -0.25) is 10.1 Å². The molecular formula is C12H7ClN4O3. The second kappa shape index (κ2) is 5.50. The van der Waals surface area contributed by atoms with Crippen LogP contribution in [-0.2, 0) is 0 Å². The van der Waals surface area contributed by atoms with E-state index in [1.807, 2.05) is 6.07 Å². The van der Waals surface area contributed by atoms with Crippen LogP contribution in [0, 0.1) is 28.4 Å². The molecule has 0 saturated heterocycles. The molecule has 1 heterocycles. The predicted molar refractivity (Wildman–Crippen MR) is 69.7 cm³/mol. The summed E-state index contributed by atoms with van der Waals surface area (Å²) in [6.07, 6.45) is 2.71. The number of nitro benzene ring substituents is 1. The highest BCUT2D eigenvalue weighted by atomic mass is 35.5. The zero-order valence-electron chi connectivity index (χ0n) is 10.2. The summed E-state index contributed by atoms with van der Waals surface area (Å²) in [7, 11) is 0. The number of benzene rings is 1. The summed E-state index contributed by atoms with van der Waals surface area (Å²) in [4.78, 5) is 17.9. The molecule has 20 heavy (non-hydrogen) atoms. The van der Waals surface area contributed by atoms with Crippen molar-refractivity contribution < 1.29 is 9.66 Å². The van der Waals surface area contributed by atoms with E-state index in [9.17, 15) is 10.1 Å². The molecule has 0 bridgehead atoms. The number of ether oxygens (including phenoxy) is 1. The van der Waals surface area contributed by atoms with Crippen molar-refractivity contribution in [1.29, 1.82) is 5.26 Å². The van der Waals surface area contributed by atoms with Crippen LogP contribution in [0.5, 0.6) is 11.6 Å². The zero-order valence-corrected chi connectivity index (χ0v) is 11.0. The second-order valence-corrected chi connectivity index (χ2v) is 4.16. The van der Waals surface area contributed by atoms with E-state index in [-0.39, 0.29) is 28.0 Å². The molecule has 1 aromatic carbocycles. The third-order valence-electron chi connectivity index (χ3n) is 2.42. The van der Waals surface area contributed by atoms with E-state index in [2.05, 4.69) is 9.97 Å². The van der Waals surface area contributed by atoms with E-state index in [0.29, 0.717) is 5.56 Å². The zero-order chi connectivity index (χ0) is 14.7. The van der Waals surface area contributed by atoms with Crippen molar-refractivity contribution in [3.8, 4) is 17.7 Å². The summed E-state index contributed by atoms with van der Waals surface area (Å²) in [6, 6.07) is 4.43. The van der Waals surface area contributed by atoms with Gasteiger partial charge in [-0.1, -0.05) is 11.6 Å². The molecular weight excluding hydrogens is 284 g/mol. The summed E-state index contributed by atoms with van der Waals surface area (Å²) in [5, 5.41) is 19.8. The largest absolute Gasteiger partial charge is 0.436 e. The first-order valence-corrected chi connectivity index (χ1v) is 5.74. The van der Waals surface area contributed by atoms with E-state index in [0.717, 1.165) is 0 Å². The molecule has 2 aromatic rings. The average molecular weight is 291 g/mol. The Morgan fingerprint density at radius 3 is 2.75 bits per heavy atom. The van der Waals surface area contributed by atoms with Crippen molar-refractivity contribution in [3.05, 3.63) is 50.9 Å². The molecule has 0 N–H and O–H groups in total. The molecule has 0 aliphatic rings. The average Bonchev–Trinajstić information content (AvgIpc) is 2.42. The Morgan fingerprint density at radius 1 is 1.40 bits per heavy atom.